The van der Waals surface area contributed by atoms with E-state index in [1.165, 1.54) is 0 Å². The molecule has 0 aromatic carbocycles. The molecule has 94 valence electrons. The third kappa shape index (κ3) is 3.17. The van der Waals surface area contributed by atoms with Crippen LogP contribution in [0.1, 0.15) is 0 Å². The summed E-state index contributed by atoms with van der Waals surface area (Å²) in [6, 6.07) is 0. The predicted molar refractivity (Wildman–Crippen MR) is 57.5 cm³/mol. The first-order valence-corrected chi connectivity index (χ1v) is 5.72. The summed E-state index contributed by atoms with van der Waals surface area (Å²) in [6.07, 6.45) is -4.53. The fraction of sp³-hybridized carbons (Fsp3) is 0.778. The van der Waals surface area contributed by atoms with Crippen LogP contribution in [-0.2, 0) is 8.92 Å². The second-order valence-corrected chi connectivity index (χ2v) is 4.13. The van der Waals surface area contributed by atoms with Gasteiger partial charge in [-0.15, -0.1) is 6.58 Å². The lowest BCUT2D eigenvalue weighted by atomic mass is 10.00. The van der Waals surface area contributed by atoms with Crippen LogP contribution in [0.5, 0.6) is 0 Å². The van der Waals surface area contributed by atoms with Crippen LogP contribution in [0.3, 0.4) is 0 Å². The minimum absolute atomic E-state index is 0.461. The van der Waals surface area contributed by atoms with Gasteiger partial charge in [-0.25, -0.2) is 0 Å². The second kappa shape index (κ2) is 6.55. The Morgan fingerprint density at radius 2 is 1.94 bits per heavy atom. The highest BCUT2D eigenvalue weighted by Gasteiger charge is 2.44. The van der Waals surface area contributed by atoms with E-state index in [1.807, 2.05) is 0 Å². The van der Waals surface area contributed by atoms with Crippen LogP contribution in [0.2, 0.25) is 0 Å². The summed E-state index contributed by atoms with van der Waals surface area (Å²) in [4.78, 5) is 0. The van der Waals surface area contributed by atoms with E-state index in [9.17, 15) is 15.3 Å². The molecule has 1 aliphatic rings. The first-order valence-electron chi connectivity index (χ1n) is 4.81. The van der Waals surface area contributed by atoms with Crippen LogP contribution < -0.4 is 0 Å². The Morgan fingerprint density at radius 3 is 2.50 bits per heavy atom. The van der Waals surface area contributed by atoms with Gasteiger partial charge >= 0.3 is 0 Å². The van der Waals surface area contributed by atoms with E-state index in [0.29, 0.717) is 5.75 Å². The highest BCUT2D eigenvalue weighted by molar-refractivity contribution is 7.94. The maximum Gasteiger partial charge on any atom is 0.199 e. The Kier molecular flexibility index (Phi) is 5.70. The van der Waals surface area contributed by atoms with Crippen molar-refractivity contribution >= 4 is 12.0 Å². The third-order valence-electron chi connectivity index (χ3n) is 2.20. The molecule has 6 nitrogen and oxygen atoms in total. The fourth-order valence-electron chi connectivity index (χ4n) is 1.30. The lowest BCUT2D eigenvalue weighted by Gasteiger charge is -2.39. The molecule has 1 rings (SSSR count). The Morgan fingerprint density at radius 1 is 1.25 bits per heavy atom. The van der Waals surface area contributed by atoms with Crippen molar-refractivity contribution in [3.63, 3.8) is 0 Å². The van der Waals surface area contributed by atoms with Crippen LogP contribution in [0.4, 0.5) is 0 Å². The van der Waals surface area contributed by atoms with E-state index >= 15 is 0 Å². The highest BCUT2D eigenvalue weighted by atomic mass is 32.2. The average molecular weight is 252 g/mol. The van der Waals surface area contributed by atoms with Gasteiger partial charge in [-0.1, -0.05) is 6.08 Å². The van der Waals surface area contributed by atoms with Gasteiger partial charge in [-0.05, 0) is 12.0 Å². The minimum Gasteiger partial charge on any atom is -0.394 e. The van der Waals surface area contributed by atoms with E-state index < -0.39 is 37.3 Å². The molecule has 1 heterocycles. The van der Waals surface area contributed by atoms with Crippen molar-refractivity contribution in [2.24, 2.45) is 0 Å². The third-order valence-corrected chi connectivity index (χ3v) is 2.89. The summed E-state index contributed by atoms with van der Waals surface area (Å²) < 4.78 is 10.2. The van der Waals surface area contributed by atoms with E-state index in [-0.39, 0.29) is 0 Å². The van der Waals surface area contributed by atoms with Crippen molar-refractivity contribution in [3.8, 4) is 0 Å². The molecule has 1 unspecified atom stereocenters. The standard InChI is InChI=1S/C9H16O6S/c1-2-3-16-15-9-8(13)7(12)6(11)5(4-10)14-9/h2,5-13H,1,3-4H2/t5-,6-,7+,8-,9?/m1/s1. The molecule has 1 saturated heterocycles. The number of aliphatic hydroxyl groups excluding tert-OH is 4. The molecule has 0 aliphatic carbocycles. The predicted octanol–water partition coefficient (Wildman–Crippen LogP) is -1.36. The van der Waals surface area contributed by atoms with Crippen molar-refractivity contribution in [2.45, 2.75) is 30.7 Å². The van der Waals surface area contributed by atoms with Gasteiger partial charge in [0, 0.05) is 5.75 Å². The van der Waals surface area contributed by atoms with Crippen LogP contribution in [0, 0.1) is 0 Å². The van der Waals surface area contributed by atoms with E-state index in [0.717, 1.165) is 12.0 Å². The largest absolute Gasteiger partial charge is 0.394 e. The molecule has 1 fully saturated rings. The van der Waals surface area contributed by atoms with Gasteiger partial charge < -0.3 is 25.2 Å². The molecule has 0 saturated carbocycles. The van der Waals surface area contributed by atoms with Gasteiger partial charge in [0.1, 0.15) is 24.4 Å². The highest BCUT2D eigenvalue weighted by Crippen LogP contribution is 2.24. The molecule has 0 bridgehead atoms. The molecule has 16 heavy (non-hydrogen) atoms. The zero-order valence-electron chi connectivity index (χ0n) is 8.60. The molecular formula is C9H16O6S. The molecule has 0 spiro atoms. The number of rotatable bonds is 5. The van der Waals surface area contributed by atoms with E-state index in [2.05, 4.69) is 6.58 Å². The maximum absolute atomic E-state index is 9.54. The van der Waals surface area contributed by atoms with Crippen molar-refractivity contribution in [1.82, 2.24) is 0 Å². The van der Waals surface area contributed by atoms with Gasteiger partial charge in [-0.3, -0.25) is 4.18 Å². The van der Waals surface area contributed by atoms with Gasteiger partial charge in [0.05, 0.1) is 6.61 Å². The topological polar surface area (TPSA) is 99.4 Å². The van der Waals surface area contributed by atoms with Crippen molar-refractivity contribution in [2.75, 3.05) is 12.4 Å². The van der Waals surface area contributed by atoms with Gasteiger partial charge in [0.25, 0.3) is 0 Å². The lowest BCUT2D eigenvalue weighted by Crippen LogP contribution is -2.58. The fourth-order valence-corrected chi connectivity index (χ4v) is 1.77. The number of hydrogen-bond donors (Lipinski definition) is 4. The average Bonchev–Trinajstić information content (AvgIpc) is 2.29. The summed E-state index contributed by atoms with van der Waals surface area (Å²) in [6.45, 7) is 3.03. The number of aliphatic hydroxyl groups is 4. The Hall–Kier alpha value is -0.150. The maximum atomic E-state index is 9.54. The molecular weight excluding hydrogens is 236 g/mol. The van der Waals surface area contributed by atoms with Crippen molar-refractivity contribution in [3.05, 3.63) is 12.7 Å². The summed E-state index contributed by atoms with van der Waals surface area (Å²) >= 11 is 1.00. The SMILES string of the molecule is C=CCSOC1O[C@H](CO)[C@@H](O)[C@H](O)[C@H]1O. The zero-order valence-corrected chi connectivity index (χ0v) is 9.42. The van der Waals surface area contributed by atoms with Crippen molar-refractivity contribution < 1.29 is 29.3 Å². The summed E-state index contributed by atoms with van der Waals surface area (Å²) in [5, 5.41) is 37.3. The van der Waals surface area contributed by atoms with Gasteiger partial charge in [-0.2, -0.15) is 0 Å². The van der Waals surface area contributed by atoms with Crippen LogP contribution >= 0.6 is 12.0 Å². The normalized spacial score (nSPS) is 39.6. The van der Waals surface area contributed by atoms with Crippen molar-refractivity contribution in [1.29, 1.82) is 0 Å². The molecule has 0 aromatic rings. The molecule has 1 aliphatic heterocycles. The first-order chi connectivity index (χ1) is 7.61. The van der Waals surface area contributed by atoms with Crippen LogP contribution in [-0.4, -0.2) is 63.5 Å². The zero-order chi connectivity index (χ0) is 12.1. The Balaban J connectivity index is 2.53. The van der Waals surface area contributed by atoms with E-state index in [4.69, 9.17) is 14.0 Å². The molecule has 5 atom stereocenters. The Bertz CT molecular complexity index is 224. The summed E-state index contributed by atoms with van der Waals surface area (Å²) in [5.41, 5.74) is 0. The summed E-state index contributed by atoms with van der Waals surface area (Å²) in [5.74, 6) is 0.495. The molecule has 0 amide bonds. The molecule has 4 N–H and O–H groups in total. The number of ether oxygens (including phenoxy) is 1. The monoisotopic (exact) mass is 252 g/mol. The Labute approximate surface area is 97.7 Å². The summed E-state index contributed by atoms with van der Waals surface area (Å²) in [7, 11) is 0. The molecule has 7 heteroatoms. The van der Waals surface area contributed by atoms with Crippen LogP contribution in [0.25, 0.3) is 0 Å². The van der Waals surface area contributed by atoms with Gasteiger partial charge in [0.15, 0.2) is 6.29 Å². The second-order valence-electron chi connectivity index (χ2n) is 3.37. The molecule has 0 radical (unpaired) electrons. The van der Waals surface area contributed by atoms with Crippen LogP contribution in [0.15, 0.2) is 12.7 Å². The smallest absolute Gasteiger partial charge is 0.199 e. The van der Waals surface area contributed by atoms with Gasteiger partial charge in [0.2, 0.25) is 0 Å². The minimum atomic E-state index is -1.40. The molecule has 0 aromatic heterocycles. The lowest BCUT2D eigenvalue weighted by molar-refractivity contribution is -0.274. The number of hydrogen-bond acceptors (Lipinski definition) is 7. The quantitative estimate of drug-likeness (QED) is 0.272. The first kappa shape index (κ1) is 13.9. The van der Waals surface area contributed by atoms with E-state index in [1.54, 1.807) is 6.08 Å².